The molecule has 0 aromatic heterocycles. The summed E-state index contributed by atoms with van der Waals surface area (Å²) in [5.74, 6) is 0.772. The van der Waals surface area contributed by atoms with Gasteiger partial charge in [0.15, 0.2) is 11.5 Å². The first-order chi connectivity index (χ1) is 15.4. The van der Waals surface area contributed by atoms with E-state index in [0.29, 0.717) is 37.3 Å². The minimum Gasteiger partial charge on any atom is -0.493 e. The molecule has 174 valence electrons. The minimum absolute atomic E-state index is 0.104. The van der Waals surface area contributed by atoms with E-state index in [4.69, 9.17) is 14.2 Å². The molecule has 0 radical (unpaired) electrons. The summed E-state index contributed by atoms with van der Waals surface area (Å²) in [4.78, 5) is 29.2. The monoisotopic (exact) mass is 443 g/mol. The Hall–Kier alpha value is -2.79. The average molecular weight is 444 g/mol. The molecule has 0 spiro atoms. The highest BCUT2D eigenvalue weighted by molar-refractivity contribution is 5.80. The van der Waals surface area contributed by atoms with Crippen molar-refractivity contribution in [2.75, 3.05) is 41.5 Å². The van der Waals surface area contributed by atoms with E-state index in [0.717, 1.165) is 30.4 Å². The van der Waals surface area contributed by atoms with Crippen LogP contribution in [-0.4, -0.2) is 68.7 Å². The summed E-state index contributed by atoms with van der Waals surface area (Å²) in [7, 11) is 6.27. The fourth-order valence-electron chi connectivity index (χ4n) is 4.93. The fraction of sp³-hybridized carbons (Fsp3) is 0.625. The number of amides is 1. The molecule has 3 rings (SSSR count). The van der Waals surface area contributed by atoms with Crippen molar-refractivity contribution in [3.05, 3.63) is 23.3 Å². The summed E-state index contributed by atoms with van der Waals surface area (Å²) in [6, 6.07) is 5.92. The molecule has 0 saturated heterocycles. The molecule has 0 unspecified atom stereocenters. The molecule has 1 heterocycles. The van der Waals surface area contributed by atoms with E-state index in [1.807, 2.05) is 17.0 Å². The zero-order valence-electron chi connectivity index (χ0n) is 19.5. The standard InChI is InChI=1S/C24H33N3O5/c1-26(24(16-25)9-6-5-7-10-24)22(28)15-27-11-8-17-12-20(30-2)21(31-3)13-18(17)19(27)14-23(29)32-4/h12-13,19H,5-11,14-15H2,1-4H3/t19-/m1/s1. The molecule has 2 aliphatic rings. The molecule has 32 heavy (non-hydrogen) atoms. The van der Waals surface area contributed by atoms with E-state index in [9.17, 15) is 14.9 Å². The van der Waals surface area contributed by atoms with Crippen molar-refractivity contribution in [3.8, 4) is 17.6 Å². The van der Waals surface area contributed by atoms with Crippen LogP contribution in [0.1, 0.15) is 55.7 Å². The van der Waals surface area contributed by atoms with Gasteiger partial charge in [0.25, 0.3) is 0 Å². The van der Waals surface area contributed by atoms with Gasteiger partial charge >= 0.3 is 5.97 Å². The molecular weight excluding hydrogens is 410 g/mol. The van der Waals surface area contributed by atoms with Gasteiger partial charge in [0, 0.05) is 19.6 Å². The van der Waals surface area contributed by atoms with Crippen LogP contribution >= 0.6 is 0 Å². The normalized spacial score (nSPS) is 19.9. The minimum atomic E-state index is -0.739. The number of esters is 1. The van der Waals surface area contributed by atoms with Crippen molar-refractivity contribution < 1.29 is 23.8 Å². The van der Waals surface area contributed by atoms with Gasteiger partial charge in [0.05, 0.1) is 40.4 Å². The first kappa shape index (κ1) is 23.9. The Labute approximate surface area is 190 Å². The van der Waals surface area contributed by atoms with Crippen LogP contribution in [0.5, 0.6) is 11.5 Å². The lowest BCUT2D eigenvalue weighted by Gasteiger charge is -2.42. The maximum absolute atomic E-state index is 13.3. The van der Waals surface area contributed by atoms with E-state index in [-0.39, 0.29) is 30.9 Å². The molecule has 0 bridgehead atoms. The Morgan fingerprint density at radius 3 is 2.41 bits per heavy atom. The SMILES string of the molecule is COC(=O)C[C@@H]1c2cc(OC)c(OC)cc2CCN1CC(=O)N(C)C1(C#N)CCCCC1. The Balaban J connectivity index is 1.88. The fourth-order valence-corrected chi connectivity index (χ4v) is 4.93. The van der Waals surface area contributed by atoms with E-state index in [2.05, 4.69) is 6.07 Å². The van der Waals surface area contributed by atoms with Crippen LogP contribution in [0.2, 0.25) is 0 Å². The number of ether oxygens (including phenoxy) is 3. The predicted octanol–water partition coefficient (Wildman–Crippen LogP) is 2.85. The van der Waals surface area contributed by atoms with Crippen molar-refractivity contribution in [3.63, 3.8) is 0 Å². The van der Waals surface area contributed by atoms with Gasteiger partial charge in [-0.05, 0) is 42.5 Å². The third kappa shape index (κ3) is 4.68. The van der Waals surface area contributed by atoms with Crippen LogP contribution in [0, 0.1) is 11.3 Å². The van der Waals surface area contributed by atoms with Gasteiger partial charge in [-0.1, -0.05) is 19.3 Å². The maximum Gasteiger partial charge on any atom is 0.307 e. The first-order valence-corrected chi connectivity index (χ1v) is 11.1. The van der Waals surface area contributed by atoms with E-state index in [1.54, 1.807) is 26.2 Å². The zero-order valence-corrected chi connectivity index (χ0v) is 19.5. The summed E-state index contributed by atoms with van der Waals surface area (Å²) in [6.45, 7) is 0.749. The molecule has 1 aliphatic carbocycles. The van der Waals surface area contributed by atoms with Crippen molar-refractivity contribution in [2.45, 2.75) is 56.5 Å². The Kier molecular flexibility index (Phi) is 7.62. The predicted molar refractivity (Wildman–Crippen MR) is 118 cm³/mol. The number of carbonyl (C=O) groups excluding carboxylic acids is 2. The van der Waals surface area contributed by atoms with Crippen LogP contribution in [0.4, 0.5) is 0 Å². The lowest BCUT2D eigenvalue weighted by molar-refractivity contribution is -0.144. The second-order valence-electron chi connectivity index (χ2n) is 8.58. The van der Waals surface area contributed by atoms with E-state index >= 15 is 0 Å². The molecular formula is C24H33N3O5. The molecule has 1 aliphatic heterocycles. The molecule has 8 heteroatoms. The van der Waals surface area contributed by atoms with Crippen LogP contribution in [0.25, 0.3) is 0 Å². The number of rotatable bonds is 7. The lowest BCUT2D eigenvalue weighted by Crippen LogP contribution is -2.53. The number of benzene rings is 1. The van der Waals surface area contributed by atoms with Gasteiger partial charge in [0.1, 0.15) is 5.54 Å². The van der Waals surface area contributed by atoms with Crippen molar-refractivity contribution >= 4 is 11.9 Å². The van der Waals surface area contributed by atoms with Gasteiger partial charge in [0.2, 0.25) is 5.91 Å². The van der Waals surface area contributed by atoms with E-state index in [1.165, 1.54) is 7.11 Å². The highest BCUT2D eigenvalue weighted by Crippen LogP contribution is 2.40. The first-order valence-electron chi connectivity index (χ1n) is 11.1. The third-order valence-corrected chi connectivity index (χ3v) is 6.94. The van der Waals surface area contributed by atoms with Gasteiger partial charge in [-0.2, -0.15) is 5.26 Å². The highest BCUT2D eigenvalue weighted by atomic mass is 16.5. The third-order valence-electron chi connectivity index (χ3n) is 6.94. The summed E-state index contributed by atoms with van der Waals surface area (Å²) in [6.07, 6.45) is 5.26. The summed E-state index contributed by atoms with van der Waals surface area (Å²) in [5.41, 5.74) is 1.26. The van der Waals surface area contributed by atoms with Crippen molar-refractivity contribution in [2.24, 2.45) is 0 Å². The molecule has 1 aromatic carbocycles. The number of nitrogens with zero attached hydrogens (tertiary/aromatic N) is 3. The van der Waals surface area contributed by atoms with Crippen molar-refractivity contribution in [1.82, 2.24) is 9.80 Å². The smallest absolute Gasteiger partial charge is 0.307 e. The number of hydrogen-bond donors (Lipinski definition) is 0. The van der Waals surface area contributed by atoms with E-state index < -0.39 is 5.54 Å². The summed E-state index contributed by atoms with van der Waals surface area (Å²) >= 11 is 0. The van der Waals surface area contributed by atoms with Crippen LogP contribution in [0.15, 0.2) is 12.1 Å². The van der Waals surface area contributed by atoms with Gasteiger partial charge < -0.3 is 19.1 Å². The second-order valence-corrected chi connectivity index (χ2v) is 8.58. The maximum atomic E-state index is 13.3. The number of nitriles is 1. The lowest BCUT2D eigenvalue weighted by atomic mass is 9.81. The highest BCUT2D eigenvalue weighted by Gasteiger charge is 2.40. The number of fused-ring (bicyclic) bond motifs is 1. The zero-order chi connectivity index (χ0) is 23.3. The summed E-state index contributed by atoms with van der Waals surface area (Å²) < 4.78 is 15.8. The topological polar surface area (TPSA) is 92.1 Å². The van der Waals surface area contributed by atoms with Crippen LogP contribution in [-0.2, 0) is 20.7 Å². The summed E-state index contributed by atoms with van der Waals surface area (Å²) in [5, 5.41) is 9.86. The second kappa shape index (κ2) is 10.2. The Bertz CT molecular complexity index is 888. The van der Waals surface area contributed by atoms with Gasteiger partial charge in [-0.15, -0.1) is 0 Å². The Morgan fingerprint density at radius 1 is 1.16 bits per heavy atom. The number of likely N-dealkylation sites (N-methyl/N-ethyl adjacent to an activating group) is 1. The van der Waals surface area contributed by atoms with Crippen molar-refractivity contribution in [1.29, 1.82) is 5.26 Å². The van der Waals surface area contributed by atoms with Crippen LogP contribution < -0.4 is 9.47 Å². The molecule has 8 nitrogen and oxygen atoms in total. The Morgan fingerprint density at radius 2 is 1.81 bits per heavy atom. The van der Waals surface area contributed by atoms with Crippen LogP contribution in [0.3, 0.4) is 0 Å². The number of hydrogen-bond acceptors (Lipinski definition) is 7. The molecule has 1 amide bonds. The molecule has 1 aromatic rings. The average Bonchev–Trinajstić information content (AvgIpc) is 2.84. The van der Waals surface area contributed by atoms with Gasteiger partial charge in [-0.25, -0.2) is 0 Å². The molecule has 0 N–H and O–H groups in total. The molecule has 1 fully saturated rings. The quantitative estimate of drug-likeness (QED) is 0.598. The number of methoxy groups -OCH3 is 3. The number of carbonyl (C=O) groups is 2. The molecule has 1 atom stereocenters. The molecule has 1 saturated carbocycles. The largest absolute Gasteiger partial charge is 0.493 e. The van der Waals surface area contributed by atoms with Gasteiger partial charge in [-0.3, -0.25) is 14.5 Å².